The van der Waals surface area contributed by atoms with E-state index in [1.807, 2.05) is 18.2 Å². The van der Waals surface area contributed by atoms with Crippen LogP contribution in [0, 0.1) is 0 Å². The lowest BCUT2D eigenvalue weighted by Crippen LogP contribution is -2.42. The highest BCUT2D eigenvalue weighted by Crippen LogP contribution is 2.36. The third kappa shape index (κ3) is 5.41. The maximum atomic E-state index is 6.45. The molecule has 1 fully saturated rings. The molecule has 3 aromatic rings. The number of aromatic amines is 1. The summed E-state index contributed by atoms with van der Waals surface area (Å²) in [6.07, 6.45) is 3.40. The molecule has 2 aliphatic heterocycles. The molecule has 36 heavy (non-hydrogen) atoms. The molecule has 8 heteroatoms. The Morgan fingerprint density at radius 3 is 2.56 bits per heavy atom. The van der Waals surface area contributed by atoms with Crippen molar-refractivity contribution < 1.29 is 0 Å². The molecule has 1 aromatic heterocycles. The molecule has 0 saturated carbocycles. The van der Waals surface area contributed by atoms with Crippen LogP contribution >= 0.6 is 23.2 Å². The molecular formula is C28H36Cl2N6. The molecular weight excluding hydrogens is 491 g/mol. The van der Waals surface area contributed by atoms with Crippen LogP contribution < -0.4 is 20.4 Å². The van der Waals surface area contributed by atoms with Crippen molar-refractivity contribution in [3.8, 4) is 0 Å². The number of hydrogen-bond donors (Lipinski definition) is 3. The van der Waals surface area contributed by atoms with Crippen molar-refractivity contribution in [2.24, 2.45) is 0 Å². The molecule has 0 unspecified atom stereocenters. The molecule has 6 nitrogen and oxygen atoms in total. The van der Waals surface area contributed by atoms with Gasteiger partial charge in [0, 0.05) is 66.3 Å². The number of halogens is 2. The largest absolute Gasteiger partial charge is 0.371 e. The van der Waals surface area contributed by atoms with Crippen molar-refractivity contribution >= 4 is 51.9 Å². The summed E-state index contributed by atoms with van der Waals surface area (Å²) in [5.74, 6) is 2.01. The van der Waals surface area contributed by atoms with Gasteiger partial charge in [-0.15, -0.1) is 0 Å². The number of fused-ring (bicyclic) bond motifs is 1. The smallest absolute Gasteiger partial charge is 0.129 e. The molecule has 0 amide bonds. The molecule has 3 N–H and O–H groups in total. The van der Waals surface area contributed by atoms with E-state index in [9.17, 15) is 0 Å². The van der Waals surface area contributed by atoms with E-state index in [0.29, 0.717) is 17.6 Å². The Morgan fingerprint density at radius 1 is 1.00 bits per heavy atom. The van der Waals surface area contributed by atoms with Gasteiger partial charge < -0.3 is 30.3 Å². The van der Waals surface area contributed by atoms with Gasteiger partial charge in [-0.1, -0.05) is 30.1 Å². The van der Waals surface area contributed by atoms with Gasteiger partial charge in [0.2, 0.25) is 0 Å². The fourth-order valence-corrected chi connectivity index (χ4v) is 5.71. The number of nitrogens with one attached hydrogen (secondary N) is 3. The Hall–Kier alpha value is -2.54. The van der Waals surface area contributed by atoms with Gasteiger partial charge in [0.1, 0.15) is 11.6 Å². The minimum absolute atomic E-state index is 0.690. The molecule has 1 saturated heterocycles. The predicted molar refractivity (Wildman–Crippen MR) is 155 cm³/mol. The highest BCUT2D eigenvalue weighted by Gasteiger charge is 2.23. The maximum Gasteiger partial charge on any atom is 0.129 e. The summed E-state index contributed by atoms with van der Waals surface area (Å²) < 4.78 is 0. The molecule has 192 valence electrons. The minimum atomic E-state index is 0.690. The second-order valence-corrected chi connectivity index (χ2v) is 10.9. The van der Waals surface area contributed by atoms with Gasteiger partial charge in [-0.05, 0) is 80.9 Å². The van der Waals surface area contributed by atoms with E-state index < -0.39 is 0 Å². The lowest BCUT2D eigenvalue weighted by molar-refractivity contribution is 0.249. The van der Waals surface area contributed by atoms with Crippen molar-refractivity contribution in [1.29, 1.82) is 0 Å². The zero-order valence-corrected chi connectivity index (χ0v) is 22.9. The zero-order chi connectivity index (χ0) is 25.2. The van der Waals surface area contributed by atoms with Crippen LogP contribution in [0.1, 0.15) is 30.9 Å². The van der Waals surface area contributed by atoms with Gasteiger partial charge in [0.25, 0.3) is 0 Å². The first-order chi connectivity index (χ1) is 17.4. The fourth-order valence-electron chi connectivity index (χ4n) is 5.34. The van der Waals surface area contributed by atoms with Crippen LogP contribution in [0.25, 0.3) is 0 Å². The Bertz CT molecular complexity index is 1200. The average Bonchev–Trinajstić information content (AvgIpc) is 3.30. The summed E-state index contributed by atoms with van der Waals surface area (Å²) in [6, 6.07) is 15.4. The van der Waals surface area contributed by atoms with Crippen LogP contribution in [0.15, 0.2) is 42.5 Å². The summed E-state index contributed by atoms with van der Waals surface area (Å²) in [5, 5.41) is 8.59. The van der Waals surface area contributed by atoms with Crippen LogP contribution in [0.3, 0.4) is 0 Å². The normalized spacial score (nSPS) is 16.3. The summed E-state index contributed by atoms with van der Waals surface area (Å²) >= 11 is 12.7. The van der Waals surface area contributed by atoms with E-state index >= 15 is 0 Å². The van der Waals surface area contributed by atoms with E-state index in [4.69, 9.17) is 23.2 Å². The molecule has 5 rings (SSSR count). The van der Waals surface area contributed by atoms with Gasteiger partial charge in [-0.25, -0.2) is 0 Å². The molecule has 2 aromatic carbocycles. The Kier molecular flexibility index (Phi) is 7.56. The number of H-pyrrole nitrogens is 1. The number of nitrogens with zero attached hydrogens (tertiary/aromatic N) is 3. The highest BCUT2D eigenvalue weighted by atomic mass is 35.5. The summed E-state index contributed by atoms with van der Waals surface area (Å²) in [6.45, 7) is 6.92. The van der Waals surface area contributed by atoms with E-state index in [2.05, 4.69) is 75.6 Å². The first-order valence-corrected chi connectivity index (χ1v) is 13.6. The van der Waals surface area contributed by atoms with Gasteiger partial charge in [-0.2, -0.15) is 0 Å². The number of aryl methyl sites for hydroxylation is 1. The van der Waals surface area contributed by atoms with Crippen LogP contribution in [0.2, 0.25) is 10.0 Å². The van der Waals surface area contributed by atoms with Crippen LogP contribution in [-0.2, 0) is 13.0 Å². The third-order valence-electron chi connectivity index (χ3n) is 7.49. The zero-order valence-electron chi connectivity index (χ0n) is 21.4. The van der Waals surface area contributed by atoms with Crippen LogP contribution in [0.5, 0.6) is 0 Å². The highest BCUT2D eigenvalue weighted by molar-refractivity contribution is 6.33. The number of piperidine rings is 1. The van der Waals surface area contributed by atoms with E-state index in [1.54, 1.807) is 0 Å². The average molecular weight is 528 g/mol. The standard InChI is InChI=1S/C28H36Cl2N6/c1-4-19-16-23(35-12-9-22(10-13-35)34(2)3)6-8-25(19)32-27-17-26-28(33-27)31-11-14-36(26)18-20-15-21(29)5-7-24(20)30/h5-8,15-17,22,31-33H,4,9-14,18H2,1-3H3. The van der Waals surface area contributed by atoms with E-state index in [-0.39, 0.29) is 0 Å². The third-order valence-corrected chi connectivity index (χ3v) is 8.09. The quantitative estimate of drug-likeness (QED) is 0.324. The summed E-state index contributed by atoms with van der Waals surface area (Å²) in [4.78, 5) is 10.8. The Morgan fingerprint density at radius 2 is 1.81 bits per heavy atom. The summed E-state index contributed by atoms with van der Waals surface area (Å²) in [5.41, 5.74) is 5.97. The van der Waals surface area contributed by atoms with Crippen molar-refractivity contribution in [3.63, 3.8) is 0 Å². The lowest BCUT2D eigenvalue weighted by Gasteiger charge is -2.36. The first-order valence-electron chi connectivity index (χ1n) is 12.9. The molecule has 0 aliphatic carbocycles. The van der Waals surface area contributed by atoms with Crippen LogP contribution in [0.4, 0.5) is 28.7 Å². The summed E-state index contributed by atoms with van der Waals surface area (Å²) in [7, 11) is 4.38. The van der Waals surface area contributed by atoms with Crippen molar-refractivity contribution in [2.75, 3.05) is 60.7 Å². The van der Waals surface area contributed by atoms with Crippen LogP contribution in [-0.4, -0.2) is 56.2 Å². The fraction of sp³-hybridized carbons (Fsp3) is 0.429. The van der Waals surface area contributed by atoms with Crippen molar-refractivity contribution in [1.82, 2.24) is 9.88 Å². The lowest BCUT2D eigenvalue weighted by atomic mass is 10.0. The van der Waals surface area contributed by atoms with Crippen molar-refractivity contribution in [2.45, 2.75) is 38.8 Å². The maximum absolute atomic E-state index is 6.45. The first kappa shape index (κ1) is 25.1. The van der Waals surface area contributed by atoms with E-state index in [0.717, 1.165) is 66.2 Å². The number of benzene rings is 2. The number of rotatable bonds is 7. The van der Waals surface area contributed by atoms with E-state index in [1.165, 1.54) is 24.1 Å². The molecule has 3 heterocycles. The molecule has 0 spiro atoms. The van der Waals surface area contributed by atoms with Gasteiger partial charge in [-0.3, -0.25) is 0 Å². The number of anilines is 5. The predicted octanol–water partition coefficient (Wildman–Crippen LogP) is 6.59. The second kappa shape index (κ2) is 10.8. The Labute approximate surface area is 224 Å². The second-order valence-electron chi connectivity index (χ2n) is 10.0. The van der Waals surface area contributed by atoms with Gasteiger partial charge in [0.05, 0.1) is 5.69 Å². The van der Waals surface area contributed by atoms with Gasteiger partial charge >= 0.3 is 0 Å². The molecule has 0 bridgehead atoms. The van der Waals surface area contributed by atoms with Crippen molar-refractivity contribution in [3.05, 3.63) is 63.6 Å². The SMILES string of the molecule is CCc1cc(N2CCC(N(C)C)CC2)ccc1Nc1cc2c([nH]1)NCCN2Cc1cc(Cl)ccc1Cl. The Balaban J connectivity index is 1.31. The molecule has 0 radical (unpaired) electrons. The molecule has 0 atom stereocenters. The van der Waals surface area contributed by atoms with Gasteiger partial charge in [0.15, 0.2) is 0 Å². The number of aromatic nitrogens is 1. The topological polar surface area (TPSA) is 49.6 Å². The monoisotopic (exact) mass is 526 g/mol. The minimum Gasteiger partial charge on any atom is -0.371 e. The number of hydrogen-bond acceptors (Lipinski definition) is 5. The molecule has 2 aliphatic rings.